The summed E-state index contributed by atoms with van der Waals surface area (Å²) in [5.41, 5.74) is 3.77. The molecule has 1 atom stereocenters. The molecule has 0 bridgehead atoms. The Labute approximate surface area is 185 Å². The smallest absolute Gasteiger partial charge is 0.243 e. The van der Waals surface area contributed by atoms with E-state index in [-0.39, 0.29) is 17.4 Å². The Morgan fingerprint density at radius 1 is 1.10 bits per heavy atom. The molecule has 6 nitrogen and oxygen atoms in total. The normalized spacial score (nSPS) is 21.3. The average molecular weight is 442 g/mol. The molecule has 0 radical (unpaired) electrons. The Hall–Kier alpha value is -2.38. The number of hydrogen-bond donors (Lipinski definition) is 0. The number of rotatable bonds is 3. The Bertz CT molecular complexity index is 1130. The monoisotopic (exact) mass is 441 g/mol. The summed E-state index contributed by atoms with van der Waals surface area (Å²) in [6, 6.07) is 13.6. The topological polar surface area (TPSA) is 60.9 Å². The molecule has 1 amide bonds. The molecule has 2 aliphatic rings. The van der Waals surface area contributed by atoms with E-state index in [0.29, 0.717) is 31.1 Å². The minimum Gasteiger partial charge on any atom is -0.366 e. The van der Waals surface area contributed by atoms with Crippen LogP contribution in [-0.4, -0.2) is 50.9 Å². The van der Waals surface area contributed by atoms with Gasteiger partial charge >= 0.3 is 0 Å². The van der Waals surface area contributed by atoms with Gasteiger partial charge in [0.25, 0.3) is 0 Å². The van der Waals surface area contributed by atoms with Gasteiger partial charge in [0.2, 0.25) is 15.9 Å². The second-order valence-corrected chi connectivity index (χ2v) is 11.4. The van der Waals surface area contributed by atoms with Crippen LogP contribution in [0.25, 0.3) is 0 Å². The number of anilines is 2. The third kappa shape index (κ3) is 3.85. The lowest BCUT2D eigenvalue weighted by atomic mass is 9.87. The van der Waals surface area contributed by atoms with Gasteiger partial charge < -0.3 is 9.80 Å². The molecule has 2 aromatic carbocycles. The molecule has 0 N–H and O–H groups in total. The lowest BCUT2D eigenvalue weighted by Gasteiger charge is -2.40. The van der Waals surface area contributed by atoms with Crippen molar-refractivity contribution in [3.8, 4) is 0 Å². The van der Waals surface area contributed by atoms with E-state index in [1.807, 2.05) is 19.9 Å². The average Bonchev–Trinajstić information content (AvgIpc) is 2.98. The fourth-order valence-electron chi connectivity index (χ4n) is 4.78. The van der Waals surface area contributed by atoms with Crippen molar-refractivity contribution in [2.45, 2.75) is 51.0 Å². The molecular formula is C24H31N3O3S. The van der Waals surface area contributed by atoms with Crippen molar-refractivity contribution in [3.05, 3.63) is 53.6 Å². The third-order valence-electron chi connectivity index (χ3n) is 6.48. The molecule has 2 aliphatic heterocycles. The van der Waals surface area contributed by atoms with Crippen molar-refractivity contribution in [3.63, 3.8) is 0 Å². The van der Waals surface area contributed by atoms with E-state index in [1.54, 1.807) is 34.3 Å². The molecule has 0 unspecified atom stereocenters. The molecule has 1 saturated heterocycles. The molecule has 1 fully saturated rings. The molecular weight excluding hydrogens is 410 g/mol. The summed E-state index contributed by atoms with van der Waals surface area (Å²) in [5.74, 6) is -0.0245. The second kappa shape index (κ2) is 7.64. The fraction of sp³-hybridized carbons (Fsp3) is 0.458. The van der Waals surface area contributed by atoms with Gasteiger partial charge in [-0.1, -0.05) is 26.0 Å². The van der Waals surface area contributed by atoms with Crippen LogP contribution in [-0.2, 0) is 20.2 Å². The Morgan fingerprint density at radius 2 is 1.84 bits per heavy atom. The number of aryl methyl sites for hydroxylation is 1. The van der Waals surface area contributed by atoms with E-state index >= 15 is 0 Å². The maximum atomic E-state index is 13.5. The summed E-state index contributed by atoms with van der Waals surface area (Å²) in [6.45, 7) is 11.9. The Morgan fingerprint density at radius 3 is 2.48 bits per heavy atom. The second-order valence-electron chi connectivity index (χ2n) is 9.41. The van der Waals surface area contributed by atoms with E-state index in [1.165, 1.54) is 5.56 Å². The van der Waals surface area contributed by atoms with Crippen molar-refractivity contribution in [1.82, 2.24) is 4.31 Å². The minimum atomic E-state index is -3.61. The predicted molar refractivity (Wildman–Crippen MR) is 124 cm³/mol. The summed E-state index contributed by atoms with van der Waals surface area (Å²) >= 11 is 0. The quantitative estimate of drug-likeness (QED) is 0.731. The van der Waals surface area contributed by atoms with Crippen molar-refractivity contribution >= 4 is 27.3 Å². The molecule has 0 aliphatic carbocycles. The molecule has 4 rings (SSSR count). The van der Waals surface area contributed by atoms with Gasteiger partial charge in [0.1, 0.15) is 0 Å². The standard InChI is InChI=1S/C24H31N3O3S/c1-17-7-6-8-20(13-17)26-12-11-25(15-18(26)2)31(29,30)21-9-10-23-22(14-21)24(4,5)16-27(23)19(3)28/h6-10,13-14,18H,11-12,15-16H2,1-5H3/t18-/m1/s1. The third-order valence-corrected chi connectivity index (χ3v) is 8.34. The van der Waals surface area contributed by atoms with E-state index < -0.39 is 10.0 Å². The highest BCUT2D eigenvalue weighted by atomic mass is 32.2. The first-order chi connectivity index (χ1) is 14.5. The highest BCUT2D eigenvalue weighted by Gasteiger charge is 2.39. The molecule has 2 heterocycles. The number of carbonyl (C=O) groups excluding carboxylic acids is 1. The van der Waals surface area contributed by atoms with Crippen LogP contribution in [0, 0.1) is 6.92 Å². The van der Waals surface area contributed by atoms with Crippen LogP contribution in [0.15, 0.2) is 47.4 Å². The lowest BCUT2D eigenvalue weighted by molar-refractivity contribution is -0.116. The van der Waals surface area contributed by atoms with Crippen LogP contribution in [0.1, 0.15) is 38.8 Å². The summed E-state index contributed by atoms with van der Waals surface area (Å²) in [6.07, 6.45) is 0. The largest absolute Gasteiger partial charge is 0.366 e. The number of benzene rings is 2. The summed E-state index contributed by atoms with van der Waals surface area (Å²) < 4.78 is 28.6. The molecule has 166 valence electrons. The number of carbonyl (C=O) groups is 1. The highest BCUT2D eigenvalue weighted by molar-refractivity contribution is 7.89. The van der Waals surface area contributed by atoms with Crippen LogP contribution in [0.5, 0.6) is 0 Å². The zero-order valence-corrected chi connectivity index (χ0v) is 19.7. The maximum absolute atomic E-state index is 13.5. The van der Waals surface area contributed by atoms with Gasteiger partial charge in [-0.25, -0.2) is 8.42 Å². The van der Waals surface area contributed by atoms with E-state index in [4.69, 9.17) is 0 Å². The predicted octanol–water partition coefficient (Wildman–Crippen LogP) is 3.54. The van der Waals surface area contributed by atoms with Crippen LogP contribution in [0.4, 0.5) is 11.4 Å². The summed E-state index contributed by atoms with van der Waals surface area (Å²) in [5, 5.41) is 0. The van der Waals surface area contributed by atoms with E-state index in [9.17, 15) is 13.2 Å². The molecule has 0 saturated carbocycles. The molecule has 0 spiro atoms. The van der Waals surface area contributed by atoms with Crippen LogP contribution in [0.3, 0.4) is 0 Å². The summed E-state index contributed by atoms with van der Waals surface area (Å²) in [7, 11) is -3.61. The van der Waals surface area contributed by atoms with E-state index in [0.717, 1.165) is 16.9 Å². The minimum absolute atomic E-state index is 0.0245. The molecule has 7 heteroatoms. The van der Waals surface area contributed by atoms with Gasteiger partial charge in [0.05, 0.1) is 4.90 Å². The SMILES string of the molecule is CC(=O)N1CC(C)(C)c2cc(S(=O)(=O)N3CCN(c4cccc(C)c4)[C@H](C)C3)ccc21. The fourth-order valence-corrected chi connectivity index (χ4v) is 6.32. The van der Waals surface area contributed by atoms with Crippen LogP contribution >= 0.6 is 0 Å². The first kappa shape index (κ1) is 21.8. The molecule has 0 aromatic heterocycles. The number of nitrogens with zero attached hydrogens (tertiary/aromatic N) is 3. The highest BCUT2D eigenvalue weighted by Crippen LogP contribution is 2.42. The number of hydrogen-bond acceptors (Lipinski definition) is 4. The first-order valence-electron chi connectivity index (χ1n) is 10.8. The van der Waals surface area contributed by atoms with Crippen LogP contribution < -0.4 is 9.80 Å². The van der Waals surface area contributed by atoms with Gasteiger partial charge in [-0.3, -0.25) is 4.79 Å². The number of piperazine rings is 1. The van der Waals surface area contributed by atoms with Crippen molar-refractivity contribution in [2.75, 3.05) is 36.0 Å². The zero-order valence-electron chi connectivity index (χ0n) is 18.9. The first-order valence-corrected chi connectivity index (χ1v) is 12.2. The van der Waals surface area contributed by atoms with Gasteiger partial charge in [0.15, 0.2) is 0 Å². The van der Waals surface area contributed by atoms with Crippen molar-refractivity contribution in [1.29, 1.82) is 0 Å². The maximum Gasteiger partial charge on any atom is 0.243 e. The van der Waals surface area contributed by atoms with Gasteiger partial charge in [-0.05, 0) is 55.3 Å². The van der Waals surface area contributed by atoms with Crippen molar-refractivity contribution < 1.29 is 13.2 Å². The zero-order chi connectivity index (χ0) is 22.6. The van der Waals surface area contributed by atoms with Gasteiger partial charge in [0, 0.05) is 55.9 Å². The number of sulfonamides is 1. The molecule has 2 aromatic rings. The Kier molecular flexibility index (Phi) is 5.38. The molecule has 31 heavy (non-hydrogen) atoms. The number of fused-ring (bicyclic) bond motifs is 1. The van der Waals surface area contributed by atoms with Gasteiger partial charge in [-0.15, -0.1) is 0 Å². The number of amides is 1. The summed E-state index contributed by atoms with van der Waals surface area (Å²) in [4.78, 5) is 16.3. The van der Waals surface area contributed by atoms with Crippen LogP contribution in [0.2, 0.25) is 0 Å². The lowest BCUT2D eigenvalue weighted by Crippen LogP contribution is -2.53. The van der Waals surface area contributed by atoms with E-state index in [2.05, 4.69) is 36.9 Å². The van der Waals surface area contributed by atoms with Crippen molar-refractivity contribution in [2.24, 2.45) is 0 Å². The Balaban J connectivity index is 1.60. The van der Waals surface area contributed by atoms with Gasteiger partial charge in [-0.2, -0.15) is 4.31 Å².